The quantitative estimate of drug-likeness (QED) is 0.886. The van der Waals surface area contributed by atoms with E-state index in [0.29, 0.717) is 0 Å². The third-order valence-electron chi connectivity index (χ3n) is 1.85. The standard InChI is InChI=1S/C10H12BrClO/c1-7(13)2-3-8-4-5-9(12)6-10(8)11/h4-7,13H,2-3H2,1H3/t7-/m0/s1. The molecule has 1 N–H and O–H groups in total. The SMILES string of the molecule is C[C@H](O)CCc1ccc(Cl)cc1Br. The summed E-state index contributed by atoms with van der Waals surface area (Å²) in [6, 6.07) is 5.72. The summed E-state index contributed by atoms with van der Waals surface area (Å²) >= 11 is 9.23. The van der Waals surface area contributed by atoms with Gasteiger partial charge in [0.2, 0.25) is 0 Å². The molecule has 0 spiro atoms. The number of rotatable bonds is 3. The Balaban J connectivity index is 2.67. The molecule has 1 aromatic rings. The predicted octanol–water partition coefficient (Wildman–Crippen LogP) is 3.42. The van der Waals surface area contributed by atoms with Crippen LogP contribution >= 0.6 is 27.5 Å². The lowest BCUT2D eigenvalue weighted by molar-refractivity contribution is 0.185. The first-order valence-electron chi connectivity index (χ1n) is 4.21. The lowest BCUT2D eigenvalue weighted by Gasteiger charge is -2.06. The predicted molar refractivity (Wildman–Crippen MR) is 59.2 cm³/mol. The van der Waals surface area contributed by atoms with Crippen molar-refractivity contribution in [2.45, 2.75) is 25.9 Å². The Kier molecular flexibility index (Phi) is 4.23. The first-order chi connectivity index (χ1) is 6.09. The van der Waals surface area contributed by atoms with Gasteiger partial charge in [-0.1, -0.05) is 33.6 Å². The molecule has 1 rings (SSSR count). The first-order valence-corrected chi connectivity index (χ1v) is 5.38. The molecule has 1 atom stereocenters. The lowest BCUT2D eigenvalue weighted by atomic mass is 10.1. The molecular weight excluding hydrogens is 251 g/mol. The molecule has 0 heterocycles. The summed E-state index contributed by atoms with van der Waals surface area (Å²) in [5, 5.41) is 9.85. The maximum absolute atomic E-state index is 9.12. The van der Waals surface area contributed by atoms with Crippen molar-refractivity contribution in [2.75, 3.05) is 0 Å². The second-order valence-corrected chi connectivity index (χ2v) is 4.41. The molecule has 0 aromatic heterocycles. The van der Waals surface area contributed by atoms with E-state index in [2.05, 4.69) is 15.9 Å². The van der Waals surface area contributed by atoms with E-state index in [-0.39, 0.29) is 6.10 Å². The molecule has 0 aliphatic carbocycles. The van der Waals surface area contributed by atoms with Crippen LogP contribution in [0.3, 0.4) is 0 Å². The highest BCUT2D eigenvalue weighted by Crippen LogP contribution is 2.22. The molecule has 0 aliphatic heterocycles. The highest BCUT2D eigenvalue weighted by Gasteiger charge is 2.02. The highest BCUT2D eigenvalue weighted by atomic mass is 79.9. The second kappa shape index (κ2) is 4.99. The summed E-state index contributed by atoms with van der Waals surface area (Å²) in [7, 11) is 0. The van der Waals surface area contributed by atoms with E-state index >= 15 is 0 Å². The molecule has 0 bridgehead atoms. The van der Waals surface area contributed by atoms with Crippen molar-refractivity contribution in [3.63, 3.8) is 0 Å². The molecule has 1 aromatic carbocycles. The Morgan fingerprint density at radius 3 is 2.77 bits per heavy atom. The fourth-order valence-corrected chi connectivity index (χ4v) is 1.97. The average molecular weight is 264 g/mol. The molecule has 0 unspecified atom stereocenters. The number of benzene rings is 1. The van der Waals surface area contributed by atoms with Gasteiger partial charge in [-0.15, -0.1) is 0 Å². The second-order valence-electron chi connectivity index (χ2n) is 3.12. The summed E-state index contributed by atoms with van der Waals surface area (Å²) < 4.78 is 1.01. The molecule has 0 saturated heterocycles. The Hall–Kier alpha value is -0.0500. The van der Waals surface area contributed by atoms with Gasteiger partial charge < -0.3 is 5.11 Å². The Morgan fingerprint density at radius 1 is 1.54 bits per heavy atom. The topological polar surface area (TPSA) is 20.2 Å². The normalized spacial score (nSPS) is 12.9. The van der Waals surface area contributed by atoms with Gasteiger partial charge in [-0.05, 0) is 37.5 Å². The van der Waals surface area contributed by atoms with E-state index in [1.165, 1.54) is 5.56 Å². The van der Waals surface area contributed by atoms with Gasteiger partial charge >= 0.3 is 0 Å². The smallest absolute Gasteiger partial charge is 0.0515 e. The molecule has 0 amide bonds. The van der Waals surface area contributed by atoms with Gasteiger partial charge in [-0.3, -0.25) is 0 Å². The minimum absolute atomic E-state index is 0.248. The molecule has 0 saturated carbocycles. The number of aryl methyl sites for hydroxylation is 1. The van der Waals surface area contributed by atoms with Gasteiger partial charge in [0.05, 0.1) is 6.10 Å². The van der Waals surface area contributed by atoms with Crippen LogP contribution in [0, 0.1) is 0 Å². The summed E-state index contributed by atoms with van der Waals surface area (Å²) in [5.74, 6) is 0. The molecule has 3 heteroatoms. The van der Waals surface area contributed by atoms with Gasteiger partial charge in [0.25, 0.3) is 0 Å². The van der Waals surface area contributed by atoms with E-state index < -0.39 is 0 Å². The lowest BCUT2D eigenvalue weighted by Crippen LogP contribution is -2.01. The van der Waals surface area contributed by atoms with Crippen LogP contribution in [-0.4, -0.2) is 11.2 Å². The van der Waals surface area contributed by atoms with E-state index in [1.54, 1.807) is 6.92 Å². The van der Waals surface area contributed by atoms with Gasteiger partial charge in [0.1, 0.15) is 0 Å². The zero-order chi connectivity index (χ0) is 9.84. The molecule has 0 aliphatic rings. The van der Waals surface area contributed by atoms with Crippen molar-refractivity contribution in [1.29, 1.82) is 0 Å². The number of aliphatic hydroxyl groups excluding tert-OH is 1. The summed E-state index contributed by atoms with van der Waals surface area (Å²) in [6.07, 6.45) is 1.40. The maximum Gasteiger partial charge on any atom is 0.0515 e. The highest BCUT2D eigenvalue weighted by molar-refractivity contribution is 9.10. The van der Waals surface area contributed by atoms with Gasteiger partial charge in [0, 0.05) is 9.50 Å². The maximum atomic E-state index is 9.12. The van der Waals surface area contributed by atoms with E-state index in [9.17, 15) is 0 Å². The first kappa shape index (κ1) is 11.0. The zero-order valence-corrected chi connectivity index (χ0v) is 9.77. The van der Waals surface area contributed by atoms with E-state index in [4.69, 9.17) is 16.7 Å². The van der Waals surface area contributed by atoms with Crippen LogP contribution in [0.15, 0.2) is 22.7 Å². The van der Waals surface area contributed by atoms with Crippen LogP contribution in [0.5, 0.6) is 0 Å². The number of hydrogen-bond acceptors (Lipinski definition) is 1. The average Bonchev–Trinajstić information content (AvgIpc) is 2.02. The Bertz CT molecular complexity index is 286. The summed E-state index contributed by atoms with van der Waals surface area (Å²) in [6.45, 7) is 1.80. The van der Waals surface area contributed by atoms with Crippen LogP contribution in [0.4, 0.5) is 0 Å². The van der Waals surface area contributed by atoms with Crippen molar-refractivity contribution in [3.8, 4) is 0 Å². The van der Waals surface area contributed by atoms with Crippen LogP contribution in [0.25, 0.3) is 0 Å². The van der Waals surface area contributed by atoms with Crippen molar-refractivity contribution in [2.24, 2.45) is 0 Å². The summed E-state index contributed by atoms with van der Waals surface area (Å²) in [5.41, 5.74) is 1.19. The number of hydrogen-bond donors (Lipinski definition) is 1. The number of aliphatic hydroxyl groups is 1. The molecule has 0 fully saturated rings. The Morgan fingerprint density at radius 2 is 2.23 bits per heavy atom. The molecule has 13 heavy (non-hydrogen) atoms. The molecular formula is C10H12BrClO. The molecule has 0 radical (unpaired) electrons. The van der Waals surface area contributed by atoms with Gasteiger partial charge in [-0.25, -0.2) is 0 Å². The van der Waals surface area contributed by atoms with Crippen LogP contribution in [-0.2, 0) is 6.42 Å². The third-order valence-corrected chi connectivity index (χ3v) is 2.82. The largest absolute Gasteiger partial charge is 0.393 e. The molecule has 1 nitrogen and oxygen atoms in total. The minimum atomic E-state index is -0.248. The van der Waals surface area contributed by atoms with Gasteiger partial charge in [-0.2, -0.15) is 0 Å². The number of halogens is 2. The minimum Gasteiger partial charge on any atom is -0.393 e. The van der Waals surface area contributed by atoms with Crippen LogP contribution < -0.4 is 0 Å². The zero-order valence-electron chi connectivity index (χ0n) is 7.43. The van der Waals surface area contributed by atoms with Gasteiger partial charge in [0.15, 0.2) is 0 Å². The van der Waals surface area contributed by atoms with E-state index in [0.717, 1.165) is 22.3 Å². The fraction of sp³-hybridized carbons (Fsp3) is 0.400. The van der Waals surface area contributed by atoms with E-state index in [1.807, 2.05) is 18.2 Å². The summed E-state index contributed by atoms with van der Waals surface area (Å²) in [4.78, 5) is 0. The fourth-order valence-electron chi connectivity index (χ4n) is 1.09. The molecule has 72 valence electrons. The van der Waals surface area contributed by atoms with Crippen LogP contribution in [0.1, 0.15) is 18.9 Å². The Labute approximate surface area is 91.9 Å². The van der Waals surface area contributed by atoms with Crippen molar-refractivity contribution >= 4 is 27.5 Å². The van der Waals surface area contributed by atoms with Crippen molar-refractivity contribution < 1.29 is 5.11 Å². The van der Waals surface area contributed by atoms with Crippen molar-refractivity contribution in [1.82, 2.24) is 0 Å². The van der Waals surface area contributed by atoms with Crippen molar-refractivity contribution in [3.05, 3.63) is 33.3 Å². The monoisotopic (exact) mass is 262 g/mol. The third kappa shape index (κ3) is 3.67. The van der Waals surface area contributed by atoms with Crippen LogP contribution in [0.2, 0.25) is 5.02 Å².